The Balaban J connectivity index is 2.13. The zero-order chi connectivity index (χ0) is 14.4. The maximum Gasteiger partial charge on any atom is 0.0488 e. The van der Waals surface area contributed by atoms with E-state index in [0.717, 1.165) is 19.4 Å². The summed E-state index contributed by atoms with van der Waals surface area (Å²) in [7, 11) is 3.82. The molecule has 0 aliphatic carbocycles. The van der Waals surface area contributed by atoms with Crippen molar-refractivity contribution in [2.45, 2.75) is 25.8 Å². The molecule has 0 saturated carbocycles. The fraction of sp³-hybridized carbons (Fsp3) is 0.444. The molecule has 2 aromatic rings. The van der Waals surface area contributed by atoms with Gasteiger partial charge in [0.25, 0.3) is 0 Å². The molecule has 0 aliphatic heterocycles. The Morgan fingerprint density at radius 3 is 2.60 bits per heavy atom. The van der Waals surface area contributed by atoms with Gasteiger partial charge in [0.1, 0.15) is 0 Å². The largest absolute Gasteiger partial charge is 0.384 e. The minimum absolute atomic E-state index is 0.492. The van der Waals surface area contributed by atoms with Gasteiger partial charge in [0.15, 0.2) is 0 Å². The van der Waals surface area contributed by atoms with E-state index in [1.165, 1.54) is 16.3 Å². The van der Waals surface area contributed by atoms with Crippen molar-refractivity contribution in [1.82, 2.24) is 5.32 Å². The van der Waals surface area contributed by atoms with Crippen molar-refractivity contribution < 1.29 is 4.74 Å². The summed E-state index contributed by atoms with van der Waals surface area (Å²) in [5.74, 6) is 0.576. The molecule has 2 nitrogen and oxygen atoms in total. The van der Waals surface area contributed by atoms with Gasteiger partial charge >= 0.3 is 0 Å². The van der Waals surface area contributed by atoms with Gasteiger partial charge in [0.2, 0.25) is 0 Å². The van der Waals surface area contributed by atoms with Crippen molar-refractivity contribution in [3.05, 3.63) is 48.0 Å². The van der Waals surface area contributed by atoms with Crippen LogP contribution in [0.5, 0.6) is 0 Å². The summed E-state index contributed by atoms with van der Waals surface area (Å²) in [6, 6.07) is 15.7. The first-order valence-corrected chi connectivity index (χ1v) is 7.37. The summed E-state index contributed by atoms with van der Waals surface area (Å²) < 4.78 is 5.24. The molecule has 0 aliphatic rings. The Morgan fingerprint density at radius 1 is 1.10 bits per heavy atom. The third-order valence-corrected chi connectivity index (χ3v) is 3.89. The Morgan fingerprint density at radius 2 is 1.85 bits per heavy atom. The molecule has 2 unspecified atom stereocenters. The van der Waals surface area contributed by atoms with Crippen LogP contribution in [-0.2, 0) is 11.2 Å². The Hall–Kier alpha value is -1.38. The second-order valence-corrected chi connectivity index (χ2v) is 5.62. The van der Waals surface area contributed by atoms with E-state index in [1.807, 2.05) is 0 Å². The molecule has 20 heavy (non-hydrogen) atoms. The highest BCUT2D eigenvalue weighted by Crippen LogP contribution is 2.21. The van der Waals surface area contributed by atoms with Crippen LogP contribution in [-0.4, -0.2) is 26.8 Å². The number of likely N-dealkylation sites (N-methyl/N-ethyl adjacent to an activating group) is 1. The van der Waals surface area contributed by atoms with Gasteiger partial charge in [-0.2, -0.15) is 0 Å². The molecule has 0 fully saturated rings. The van der Waals surface area contributed by atoms with Crippen molar-refractivity contribution in [1.29, 1.82) is 0 Å². The minimum atomic E-state index is 0.492. The Labute approximate surface area is 122 Å². The average molecular weight is 271 g/mol. The molecule has 2 heteroatoms. The lowest BCUT2D eigenvalue weighted by Gasteiger charge is -2.21. The lowest BCUT2D eigenvalue weighted by Crippen LogP contribution is -2.30. The summed E-state index contributed by atoms with van der Waals surface area (Å²) in [5.41, 5.74) is 1.42. The van der Waals surface area contributed by atoms with Crippen molar-refractivity contribution in [3.8, 4) is 0 Å². The maximum atomic E-state index is 5.24. The van der Waals surface area contributed by atoms with Gasteiger partial charge in [-0.3, -0.25) is 0 Å². The Kier molecular flexibility index (Phi) is 5.57. The van der Waals surface area contributed by atoms with E-state index in [1.54, 1.807) is 7.11 Å². The van der Waals surface area contributed by atoms with E-state index >= 15 is 0 Å². The van der Waals surface area contributed by atoms with Gasteiger partial charge in [-0.1, -0.05) is 49.4 Å². The number of nitrogens with one attached hydrogen (secondary N) is 1. The number of hydrogen-bond donors (Lipinski definition) is 1. The predicted molar refractivity (Wildman–Crippen MR) is 86.2 cm³/mol. The minimum Gasteiger partial charge on any atom is -0.384 e. The van der Waals surface area contributed by atoms with Gasteiger partial charge in [0.05, 0.1) is 0 Å². The zero-order valence-electron chi connectivity index (χ0n) is 12.7. The fourth-order valence-corrected chi connectivity index (χ4v) is 2.88. The van der Waals surface area contributed by atoms with Crippen LogP contribution in [0.2, 0.25) is 0 Å². The molecule has 0 heterocycles. The number of rotatable bonds is 7. The molecule has 0 bridgehead atoms. The van der Waals surface area contributed by atoms with Crippen LogP contribution in [0, 0.1) is 5.92 Å². The van der Waals surface area contributed by atoms with Gasteiger partial charge in [0, 0.05) is 19.8 Å². The predicted octanol–water partition coefficient (Wildman–Crippen LogP) is 3.64. The second kappa shape index (κ2) is 7.41. The van der Waals surface area contributed by atoms with Crippen molar-refractivity contribution in [3.63, 3.8) is 0 Å². The number of hydrogen-bond acceptors (Lipinski definition) is 2. The second-order valence-electron chi connectivity index (χ2n) is 5.62. The van der Waals surface area contributed by atoms with Gasteiger partial charge in [-0.25, -0.2) is 0 Å². The van der Waals surface area contributed by atoms with Crippen molar-refractivity contribution in [2.24, 2.45) is 5.92 Å². The summed E-state index contributed by atoms with van der Waals surface area (Å²) in [6.07, 6.45) is 2.19. The van der Waals surface area contributed by atoms with Crippen LogP contribution < -0.4 is 5.32 Å². The molecule has 0 amide bonds. The lowest BCUT2D eigenvalue weighted by atomic mass is 9.94. The molecule has 2 rings (SSSR count). The number of benzene rings is 2. The van der Waals surface area contributed by atoms with Gasteiger partial charge in [-0.05, 0) is 42.1 Å². The first-order valence-electron chi connectivity index (χ1n) is 7.37. The van der Waals surface area contributed by atoms with Crippen LogP contribution in [0.1, 0.15) is 18.9 Å². The smallest absolute Gasteiger partial charge is 0.0488 e. The van der Waals surface area contributed by atoms with E-state index in [-0.39, 0.29) is 0 Å². The molecule has 2 aromatic carbocycles. The highest BCUT2D eigenvalue weighted by molar-refractivity contribution is 5.85. The van der Waals surface area contributed by atoms with Crippen molar-refractivity contribution in [2.75, 3.05) is 20.8 Å². The number of ether oxygens (including phenoxy) is 1. The number of methoxy groups -OCH3 is 1. The highest BCUT2D eigenvalue weighted by atomic mass is 16.5. The summed E-state index contributed by atoms with van der Waals surface area (Å²) >= 11 is 0. The van der Waals surface area contributed by atoms with Gasteiger partial charge < -0.3 is 10.1 Å². The molecular formula is C18H25NO. The summed E-state index contributed by atoms with van der Waals surface area (Å²) in [5, 5.41) is 6.14. The van der Waals surface area contributed by atoms with Crippen molar-refractivity contribution >= 4 is 10.8 Å². The first-order chi connectivity index (χ1) is 9.74. The molecule has 0 radical (unpaired) electrons. The first kappa shape index (κ1) is 15.0. The normalized spacial score (nSPS) is 14.3. The van der Waals surface area contributed by atoms with Crippen LogP contribution >= 0.6 is 0 Å². The maximum absolute atomic E-state index is 5.24. The topological polar surface area (TPSA) is 21.3 Å². The van der Waals surface area contributed by atoms with Crippen LogP contribution in [0.15, 0.2) is 42.5 Å². The number of fused-ring (bicyclic) bond motifs is 1. The molecule has 1 N–H and O–H groups in total. The average Bonchev–Trinajstić information content (AvgIpc) is 2.47. The molecule has 0 aromatic heterocycles. The van der Waals surface area contributed by atoms with E-state index in [9.17, 15) is 0 Å². The third-order valence-electron chi connectivity index (χ3n) is 3.89. The van der Waals surface area contributed by atoms with Crippen LogP contribution in [0.4, 0.5) is 0 Å². The zero-order valence-corrected chi connectivity index (χ0v) is 12.7. The Bertz CT molecular complexity index is 532. The molecular weight excluding hydrogens is 246 g/mol. The summed E-state index contributed by atoms with van der Waals surface area (Å²) in [6.45, 7) is 3.07. The van der Waals surface area contributed by atoms with E-state index < -0.39 is 0 Å². The standard InChI is InChI=1S/C18H25NO/c1-14(13-20-3)11-17(19-2)12-16-9-6-8-15-7-4-5-10-18(15)16/h4-10,14,17,19H,11-13H2,1-3H3. The van der Waals surface area contributed by atoms with E-state index in [4.69, 9.17) is 4.74 Å². The third kappa shape index (κ3) is 3.81. The van der Waals surface area contributed by atoms with E-state index in [2.05, 4.69) is 61.8 Å². The molecule has 108 valence electrons. The fourth-order valence-electron chi connectivity index (χ4n) is 2.88. The van der Waals surface area contributed by atoms with Gasteiger partial charge in [-0.15, -0.1) is 0 Å². The summed E-state index contributed by atoms with van der Waals surface area (Å²) in [4.78, 5) is 0. The van der Waals surface area contributed by atoms with E-state index in [0.29, 0.717) is 12.0 Å². The monoisotopic (exact) mass is 271 g/mol. The SMILES string of the molecule is CNC(Cc1cccc2ccccc12)CC(C)COC. The van der Waals surface area contributed by atoms with Crippen LogP contribution in [0.3, 0.4) is 0 Å². The molecule has 0 spiro atoms. The quantitative estimate of drug-likeness (QED) is 0.830. The lowest BCUT2D eigenvalue weighted by molar-refractivity contribution is 0.150. The van der Waals surface area contributed by atoms with Crippen LogP contribution in [0.25, 0.3) is 10.8 Å². The molecule has 2 atom stereocenters. The molecule has 0 saturated heterocycles. The highest BCUT2D eigenvalue weighted by Gasteiger charge is 2.13.